The number of rotatable bonds is 2. The summed E-state index contributed by atoms with van der Waals surface area (Å²) < 4.78 is 1.89. The SMILES string of the molecule is Cc1cc(-c2cnn3cc(N4CCNCC4)cnc23)c2ccccc2n1. The molecule has 0 amide bonds. The van der Waals surface area contributed by atoms with Crippen LogP contribution in [-0.4, -0.2) is 45.8 Å². The lowest BCUT2D eigenvalue weighted by Gasteiger charge is -2.28. The van der Waals surface area contributed by atoms with Crippen molar-refractivity contribution in [1.82, 2.24) is 24.9 Å². The van der Waals surface area contributed by atoms with E-state index in [9.17, 15) is 0 Å². The fraction of sp³-hybridized carbons (Fsp3) is 0.250. The van der Waals surface area contributed by atoms with Crippen LogP contribution < -0.4 is 10.2 Å². The number of para-hydroxylation sites is 1. The molecule has 4 heterocycles. The van der Waals surface area contributed by atoms with Gasteiger partial charge in [-0.3, -0.25) is 4.98 Å². The first kappa shape index (κ1) is 15.3. The lowest BCUT2D eigenvalue weighted by Crippen LogP contribution is -2.43. The number of hydrogen-bond donors (Lipinski definition) is 1. The van der Waals surface area contributed by atoms with Crippen molar-refractivity contribution in [3.05, 3.63) is 54.6 Å². The van der Waals surface area contributed by atoms with E-state index in [4.69, 9.17) is 4.98 Å². The monoisotopic (exact) mass is 344 g/mol. The van der Waals surface area contributed by atoms with Crippen LogP contribution in [0.2, 0.25) is 0 Å². The summed E-state index contributed by atoms with van der Waals surface area (Å²) in [5, 5.41) is 9.08. The molecule has 1 aromatic carbocycles. The maximum absolute atomic E-state index is 4.75. The predicted octanol–water partition coefficient (Wildman–Crippen LogP) is 2.66. The Morgan fingerprint density at radius 2 is 1.88 bits per heavy atom. The minimum atomic E-state index is 0.875. The summed E-state index contributed by atoms with van der Waals surface area (Å²) >= 11 is 0. The molecule has 6 heteroatoms. The standard InChI is InChI=1S/C20H20N6/c1-14-10-17(16-4-2-3-5-19(16)24-14)18-12-23-26-13-15(11-22-20(18)26)25-8-6-21-7-9-25/h2-5,10-13,21H,6-9H2,1H3. The van der Waals surface area contributed by atoms with Crippen molar-refractivity contribution >= 4 is 22.2 Å². The minimum absolute atomic E-state index is 0.875. The molecule has 0 radical (unpaired) electrons. The van der Waals surface area contributed by atoms with Crippen LogP contribution in [0.15, 0.2) is 48.9 Å². The molecular formula is C20H20N6. The van der Waals surface area contributed by atoms with E-state index in [1.807, 2.05) is 42.0 Å². The molecule has 1 fully saturated rings. The topological polar surface area (TPSA) is 58.4 Å². The molecule has 0 spiro atoms. The van der Waals surface area contributed by atoms with Crippen molar-refractivity contribution in [2.75, 3.05) is 31.1 Å². The highest BCUT2D eigenvalue weighted by Crippen LogP contribution is 2.31. The predicted molar refractivity (Wildman–Crippen MR) is 104 cm³/mol. The Balaban J connectivity index is 1.64. The average molecular weight is 344 g/mol. The summed E-state index contributed by atoms with van der Waals surface area (Å²) in [5.74, 6) is 0. The summed E-state index contributed by atoms with van der Waals surface area (Å²) in [6.07, 6.45) is 5.94. The van der Waals surface area contributed by atoms with E-state index in [-0.39, 0.29) is 0 Å². The van der Waals surface area contributed by atoms with Gasteiger partial charge in [-0.1, -0.05) is 18.2 Å². The van der Waals surface area contributed by atoms with Gasteiger partial charge in [-0.05, 0) is 24.6 Å². The number of nitrogens with one attached hydrogen (secondary N) is 1. The third-order valence-electron chi connectivity index (χ3n) is 4.96. The van der Waals surface area contributed by atoms with Crippen LogP contribution in [-0.2, 0) is 0 Å². The lowest BCUT2D eigenvalue weighted by molar-refractivity contribution is 0.587. The Hall–Kier alpha value is -2.99. The molecule has 130 valence electrons. The van der Waals surface area contributed by atoms with Crippen molar-refractivity contribution in [1.29, 1.82) is 0 Å². The summed E-state index contributed by atoms with van der Waals surface area (Å²) in [6, 6.07) is 10.3. The molecule has 6 nitrogen and oxygen atoms in total. The van der Waals surface area contributed by atoms with Crippen LogP contribution in [0.25, 0.3) is 27.7 Å². The molecule has 3 aromatic heterocycles. The van der Waals surface area contributed by atoms with E-state index in [2.05, 4.69) is 38.6 Å². The van der Waals surface area contributed by atoms with Crippen molar-refractivity contribution in [3.63, 3.8) is 0 Å². The summed E-state index contributed by atoms with van der Waals surface area (Å²) in [6.45, 7) is 6.03. The number of hydrogen-bond acceptors (Lipinski definition) is 5. The van der Waals surface area contributed by atoms with E-state index in [0.29, 0.717) is 0 Å². The first-order valence-electron chi connectivity index (χ1n) is 8.95. The average Bonchev–Trinajstić information content (AvgIpc) is 3.11. The highest BCUT2D eigenvalue weighted by atomic mass is 15.3. The summed E-state index contributed by atoms with van der Waals surface area (Å²) in [4.78, 5) is 11.7. The molecule has 1 saturated heterocycles. The van der Waals surface area contributed by atoms with Crippen LogP contribution in [0.1, 0.15) is 5.69 Å². The summed E-state index contributed by atoms with van der Waals surface area (Å²) in [5.41, 5.74) is 6.16. The maximum atomic E-state index is 4.75. The maximum Gasteiger partial charge on any atom is 0.162 e. The second-order valence-corrected chi connectivity index (χ2v) is 6.70. The Kier molecular flexibility index (Phi) is 3.57. The van der Waals surface area contributed by atoms with Gasteiger partial charge < -0.3 is 10.2 Å². The minimum Gasteiger partial charge on any atom is -0.366 e. The number of anilines is 1. The van der Waals surface area contributed by atoms with Gasteiger partial charge in [0.15, 0.2) is 5.65 Å². The molecule has 1 aliphatic heterocycles. The van der Waals surface area contributed by atoms with Crippen LogP contribution >= 0.6 is 0 Å². The second kappa shape index (κ2) is 6.07. The molecular weight excluding hydrogens is 324 g/mol. The van der Waals surface area contributed by atoms with Crippen molar-refractivity contribution in [2.45, 2.75) is 6.92 Å². The molecule has 4 aromatic rings. The van der Waals surface area contributed by atoms with Crippen LogP contribution in [0.5, 0.6) is 0 Å². The zero-order valence-electron chi connectivity index (χ0n) is 14.7. The number of pyridine rings is 1. The van der Waals surface area contributed by atoms with Crippen molar-refractivity contribution in [2.24, 2.45) is 0 Å². The van der Waals surface area contributed by atoms with Crippen LogP contribution in [0.4, 0.5) is 5.69 Å². The van der Waals surface area contributed by atoms with Gasteiger partial charge in [-0.15, -0.1) is 0 Å². The quantitative estimate of drug-likeness (QED) is 0.606. The number of nitrogens with zero attached hydrogens (tertiary/aromatic N) is 5. The molecule has 1 N–H and O–H groups in total. The third-order valence-corrected chi connectivity index (χ3v) is 4.96. The van der Waals surface area contributed by atoms with Gasteiger partial charge in [0.25, 0.3) is 0 Å². The molecule has 0 unspecified atom stereocenters. The Morgan fingerprint density at radius 1 is 1.04 bits per heavy atom. The fourth-order valence-electron chi connectivity index (χ4n) is 3.67. The molecule has 0 saturated carbocycles. The van der Waals surface area contributed by atoms with E-state index in [0.717, 1.165) is 65.2 Å². The number of piperazine rings is 1. The van der Waals surface area contributed by atoms with E-state index < -0.39 is 0 Å². The number of aryl methyl sites for hydroxylation is 1. The molecule has 0 bridgehead atoms. The lowest BCUT2D eigenvalue weighted by atomic mass is 10.0. The van der Waals surface area contributed by atoms with Gasteiger partial charge in [0.2, 0.25) is 0 Å². The van der Waals surface area contributed by atoms with Gasteiger partial charge in [-0.25, -0.2) is 9.50 Å². The van der Waals surface area contributed by atoms with Crippen LogP contribution in [0, 0.1) is 6.92 Å². The Bertz CT molecular complexity index is 1090. The van der Waals surface area contributed by atoms with Crippen LogP contribution in [0.3, 0.4) is 0 Å². The van der Waals surface area contributed by atoms with Crippen molar-refractivity contribution in [3.8, 4) is 11.1 Å². The first-order valence-corrected chi connectivity index (χ1v) is 8.95. The Morgan fingerprint density at radius 3 is 2.77 bits per heavy atom. The summed E-state index contributed by atoms with van der Waals surface area (Å²) in [7, 11) is 0. The molecule has 5 rings (SSSR count). The molecule has 0 aliphatic carbocycles. The first-order chi connectivity index (χ1) is 12.8. The number of aromatic nitrogens is 4. The molecule has 26 heavy (non-hydrogen) atoms. The Labute approximate surface area is 151 Å². The van der Waals surface area contributed by atoms with Gasteiger partial charge in [-0.2, -0.15) is 5.10 Å². The number of fused-ring (bicyclic) bond motifs is 2. The highest BCUT2D eigenvalue weighted by molar-refractivity contribution is 5.97. The molecule has 0 atom stereocenters. The van der Waals surface area contributed by atoms with Crippen molar-refractivity contribution < 1.29 is 0 Å². The van der Waals surface area contributed by atoms with Gasteiger partial charge >= 0.3 is 0 Å². The smallest absolute Gasteiger partial charge is 0.162 e. The van der Waals surface area contributed by atoms with E-state index >= 15 is 0 Å². The van der Waals surface area contributed by atoms with E-state index in [1.165, 1.54) is 0 Å². The normalized spacial score (nSPS) is 15.0. The zero-order valence-corrected chi connectivity index (χ0v) is 14.7. The third kappa shape index (κ3) is 2.50. The van der Waals surface area contributed by atoms with E-state index in [1.54, 1.807) is 0 Å². The second-order valence-electron chi connectivity index (χ2n) is 6.70. The van der Waals surface area contributed by atoms with Gasteiger partial charge in [0, 0.05) is 42.8 Å². The highest BCUT2D eigenvalue weighted by Gasteiger charge is 2.15. The number of benzene rings is 1. The van der Waals surface area contributed by atoms with Gasteiger partial charge in [0.05, 0.1) is 29.8 Å². The zero-order chi connectivity index (χ0) is 17.5. The molecule has 1 aliphatic rings. The largest absolute Gasteiger partial charge is 0.366 e. The fourth-order valence-corrected chi connectivity index (χ4v) is 3.67. The van der Waals surface area contributed by atoms with Gasteiger partial charge in [0.1, 0.15) is 0 Å².